The fourth-order valence-electron chi connectivity index (χ4n) is 3.30. The first-order chi connectivity index (χ1) is 11.9. The van der Waals surface area contributed by atoms with Crippen LogP contribution in [0.25, 0.3) is 0 Å². The minimum atomic E-state index is -1.13. The molecule has 3 N–H and O–H groups in total. The first-order valence-electron chi connectivity index (χ1n) is 8.36. The summed E-state index contributed by atoms with van der Waals surface area (Å²) in [6.45, 7) is 7.62. The minimum absolute atomic E-state index is 0.0431. The number of carbonyl (C=O) groups is 2. The molecule has 2 rings (SSSR count). The van der Waals surface area contributed by atoms with E-state index in [9.17, 15) is 28.6 Å². The Kier molecular flexibility index (Phi) is 5.17. The molecule has 1 saturated heterocycles. The van der Waals surface area contributed by atoms with Crippen molar-refractivity contribution in [2.45, 2.75) is 46.1 Å². The highest BCUT2D eigenvalue weighted by molar-refractivity contribution is 5.94. The van der Waals surface area contributed by atoms with Crippen LogP contribution in [0.2, 0.25) is 0 Å². The Balaban J connectivity index is 2.21. The van der Waals surface area contributed by atoms with Crippen LogP contribution in [0.5, 0.6) is 5.75 Å². The van der Waals surface area contributed by atoms with Crippen LogP contribution in [-0.2, 0) is 4.79 Å². The summed E-state index contributed by atoms with van der Waals surface area (Å²) in [5, 5.41) is 21.5. The lowest BCUT2D eigenvalue weighted by Crippen LogP contribution is -2.62. The standard InChI is InChI=1S/C18H24F2N2O4/c1-17(2,3)18(4)6-5-10(9-22(18)16(25)26)15(24)21-14-12(20)7-11(19)8-13(14)23/h7-8,10,23H,5-6,9H2,1-4H3,(H,21,24)(H,25,26)/t10-,18-/m1/s1. The molecule has 1 fully saturated rings. The van der Waals surface area contributed by atoms with Gasteiger partial charge in [-0.15, -0.1) is 0 Å². The van der Waals surface area contributed by atoms with Crippen LogP contribution in [0.1, 0.15) is 40.5 Å². The zero-order valence-electron chi connectivity index (χ0n) is 15.3. The smallest absolute Gasteiger partial charge is 0.407 e. The van der Waals surface area contributed by atoms with Crippen molar-refractivity contribution in [1.29, 1.82) is 0 Å². The van der Waals surface area contributed by atoms with Crippen molar-refractivity contribution in [1.82, 2.24) is 4.90 Å². The molecule has 0 aromatic heterocycles. The maximum absolute atomic E-state index is 13.8. The van der Waals surface area contributed by atoms with Gasteiger partial charge in [0.05, 0.1) is 5.92 Å². The summed E-state index contributed by atoms with van der Waals surface area (Å²) in [5.74, 6) is -4.10. The third-order valence-corrected chi connectivity index (χ3v) is 5.48. The summed E-state index contributed by atoms with van der Waals surface area (Å²) in [6, 6.07) is 1.25. The maximum atomic E-state index is 13.8. The van der Waals surface area contributed by atoms with Crippen molar-refractivity contribution < 1.29 is 28.6 Å². The molecule has 1 aromatic rings. The van der Waals surface area contributed by atoms with Crippen molar-refractivity contribution in [3.05, 3.63) is 23.8 Å². The van der Waals surface area contributed by atoms with Crippen molar-refractivity contribution in [2.75, 3.05) is 11.9 Å². The first kappa shape index (κ1) is 19.9. The molecule has 0 spiro atoms. The van der Waals surface area contributed by atoms with E-state index in [-0.39, 0.29) is 12.0 Å². The van der Waals surface area contributed by atoms with E-state index >= 15 is 0 Å². The molecule has 2 atom stereocenters. The fraction of sp³-hybridized carbons (Fsp3) is 0.556. The highest BCUT2D eigenvalue weighted by Gasteiger charge is 2.49. The topological polar surface area (TPSA) is 89.9 Å². The molecule has 1 aliphatic rings. The molecule has 6 nitrogen and oxygen atoms in total. The van der Waals surface area contributed by atoms with Crippen molar-refractivity contribution in [2.24, 2.45) is 11.3 Å². The van der Waals surface area contributed by atoms with Gasteiger partial charge >= 0.3 is 6.09 Å². The van der Waals surface area contributed by atoms with Crippen molar-refractivity contribution in [3.63, 3.8) is 0 Å². The number of carboxylic acid groups (broad SMARTS) is 1. The van der Waals surface area contributed by atoms with E-state index in [2.05, 4.69) is 5.32 Å². The lowest BCUT2D eigenvalue weighted by molar-refractivity contribution is -0.124. The van der Waals surface area contributed by atoms with E-state index in [1.165, 1.54) is 4.90 Å². The number of halogens is 2. The van der Waals surface area contributed by atoms with E-state index in [4.69, 9.17) is 0 Å². The molecular weight excluding hydrogens is 346 g/mol. The van der Waals surface area contributed by atoms with Crippen molar-refractivity contribution in [3.8, 4) is 5.75 Å². The van der Waals surface area contributed by atoms with E-state index in [1.807, 2.05) is 27.7 Å². The molecule has 26 heavy (non-hydrogen) atoms. The SMILES string of the molecule is CC(C)(C)[C@@]1(C)CC[C@@H](C(=O)Nc2c(O)cc(F)cc2F)CN1C(=O)O. The number of carbonyl (C=O) groups excluding carboxylic acids is 1. The summed E-state index contributed by atoms with van der Waals surface area (Å²) in [6.07, 6.45) is -0.262. The molecule has 2 amide bonds. The van der Waals surface area contributed by atoms with Crippen LogP contribution >= 0.6 is 0 Å². The van der Waals surface area contributed by atoms with Gasteiger partial charge in [-0.2, -0.15) is 0 Å². The van der Waals surface area contributed by atoms with Gasteiger partial charge in [0.2, 0.25) is 5.91 Å². The second-order valence-corrected chi connectivity index (χ2v) is 7.92. The van der Waals surface area contributed by atoms with E-state index in [0.717, 1.165) is 0 Å². The number of anilines is 1. The van der Waals surface area contributed by atoms with Gasteiger partial charge in [-0.05, 0) is 25.2 Å². The number of hydrogen-bond acceptors (Lipinski definition) is 3. The highest BCUT2D eigenvalue weighted by atomic mass is 19.1. The minimum Gasteiger partial charge on any atom is -0.506 e. The third kappa shape index (κ3) is 3.59. The summed E-state index contributed by atoms with van der Waals surface area (Å²) >= 11 is 0. The highest BCUT2D eigenvalue weighted by Crippen LogP contribution is 2.44. The van der Waals surface area contributed by atoms with Crippen LogP contribution in [0.15, 0.2) is 12.1 Å². The Morgan fingerprint density at radius 1 is 1.31 bits per heavy atom. The van der Waals surface area contributed by atoms with E-state index in [0.29, 0.717) is 25.0 Å². The molecule has 1 heterocycles. The number of phenolic OH excluding ortho intramolecular Hbond substituents is 1. The summed E-state index contributed by atoms with van der Waals surface area (Å²) in [4.78, 5) is 25.5. The van der Waals surface area contributed by atoms with Gasteiger partial charge in [0.25, 0.3) is 0 Å². The molecule has 1 aliphatic heterocycles. The maximum Gasteiger partial charge on any atom is 0.407 e. The Morgan fingerprint density at radius 3 is 2.42 bits per heavy atom. The molecule has 144 valence electrons. The van der Waals surface area contributed by atoms with Gasteiger partial charge in [-0.3, -0.25) is 4.79 Å². The van der Waals surface area contributed by atoms with Gasteiger partial charge in [-0.1, -0.05) is 20.8 Å². The molecule has 0 bridgehead atoms. The number of nitrogens with one attached hydrogen (secondary N) is 1. The summed E-state index contributed by atoms with van der Waals surface area (Å²) in [7, 11) is 0. The lowest BCUT2D eigenvalue weighted by Gasteiger charge is -2.53. The Bertz CT molecular complexity index is 709. The third-order valence-electron chi connectivity index (χ3n) is 5.48. The van der Waals surface area contributed by atoms with Crippen LogP contribution < -0.4 is 5.32 Å². The van der Waals surface area contributed by atoms with Crippen molar-refractivity contribution >= 4 is 17.7 Å². The number of phenols is 1. The lowest BCUT2D eigenvalue weighted by atomic mass is 9.67. The molecule has 8 heteroatoms. The van der Waals surface area contributed by atoms with Crippen LogP contribution in [0.3, 0.4) is 0 Å². The number of amides is 2. The quantitative estimate of drug-likeness (QED) is 0.691. The first-order valence-corrected chi connectivity index (χ1v) is 8.36. The van der Waals surface area contributed by atoms with Gasteiger partial charge < -0.3 is 20.4 Å². The molecule has 0 saturated carbocycles. The Labute approximate surface area is 150 Å². The average molecular weight is 370 g/mol. The van der Waals surface area contributed by atoms with E-state index in [1.54, 1.807) is 0 Å². The monoisotopic (exact) mass is 370 g/mol. The number of nitrogens with zero attached hydrogens (tertiary/aromatic N) is 1. The zero-order chi connectivity index (χ0) is 19.9. The fourth-order valence-corrected chi connectivity index (χ4v) is 3.30. The molecule has 0 radical (unpaired) electrons. The number of piperidine rings is 1. The van der Waals surface area contributed by atoms with Gasteiger partial charge in [-0.25, -0.2) is 13.6 Å². The van der Waals surface area contributed by atoms with E-state index < -0.39 is 46.5 Å². The number of rotatable bonds is 2. The van der Waals surface area contributed by atoms with Gasteiger partial charge in [0.15, 0.2) is 5.82 Å². The second kappa shape index (κ2) is 6.74. The number of aromatic hydroxyl groups is 1. The van der Waals surface area contributed by atoms with Crippen LogP contribution in [-0.4, -0.2) is 39.2 Å². The van der Waals surface area contributed by atoms with Gasteiger partial charge in [0.1, 0.15) is 17.3 Å². The predicted octanol–water partition coefficient (Wildman–Crippen LogP) is 3.80. The second-order valence-electron chi connectivity index (χ2n) is 7.92. The van der Waals surface area contributed by atoms with Gasteiger partial charge in [0, 0.05) is 24.2 Å². The number of hydrogen-bond donors (Lipinski definition) is 3. The van der Waals surface area contributed by atoms with Crippen LogP contribution in [0.4, 0.5) is 19.3 Å². The molecule has 1 aromatic carbocycles. The zero-order valence-corrected chi connectivity index (χ0v) is 15.3. The molecular formula is C18H24F2N2O4. The summed E-state index contributed by atoms with van der Waals surface area (Å²) in [5.41, 5.74) is -1.50. The number of benzene rings is 1. The molecule has 0 aliphatic carbocycles. The Morgan fingerprint density at radius 2 is 1.92 bits per heavy atom. The normalized spacial score (nSPS) is 23.6. The number of likely N-dealkylation sites (tertiary alicyclic amines) is 1. The average Bonchev–Trinajstić information content (AvgIpc) is 2.49. The Hall–Kier alpha value is -2.38. The summed E-state index contributed by atoms with van der Waals surface area (Å²) < 4.78 is 26.9. The predicted molar refractivity (Wildman–Crippen MR) is 92.0 cm³/mol. The van der Waals surface area contributed by atoms with Crippen LogP contribution in [0, 0.1) is 23.0 Å². The molecule has 0 unspecified atom stereocenters. The largest absolute Gasteiger partial charge is 0.506 e.